The number of imidazole rings is 1. The Bertz CT molecular complexity index is 1690. The van der Waals surface area contributed by atoms with Crippen molar-refractivity contribution >= 4 is 40.1 Å². The second-order valence-electron chi connectivity index (χ2n) is 11.8. The number of hydrogen-bond acceptors (Lipinski definition) is 8. The molecule has 1 aromatic carbocycles. The molecule has 0 radical (unpaired) electrons. The van der Waals surface area contributed by atoms with E-state index in [0.717, 1.165) is 5.69 Å². The number of ether oxygens (including phenoxy) is 2. The lowest BCUT2D eigenvalue weighted by atomic mass is 10.0. The molecule has 4 aromatic rings. The number of carbonyl (C=O) groups is 2. The van der Waals surface area contributed by atoms with Crippen molar-refractivity contribution in [2.24, 2.45) is 0 Å². The Morgan fingerprint density at radius 2 is 1.71 bits per heavy atom. The van der Waals surface area contributed by atoms with E-state index in [1.54, 1.807) is 37.2 Å². The Balaban J connectivity index is 1.50. The number of anilines is 2. The molecule has 12 heteroatoms. The summed E-state index contributed by atoms with van der Waals surface area (Å²) in [6.45, 7) is 14.1. The van der Waals surface area contributed by atoms with Gasteiger partial charge in [-0.1, -0.05) is 0 Å². The van der Waals surface area contributed by atoms with Crippen LogP contribution in [0.1, 0.15) is 56.4 Å². The summed E-state index contributed by atoms with van der Waals surface area (Å²) in [5.41, 5.74) is 2.96. The molecule has 2 amide bonds. The van der Waals surface area contributed by atoms with Gasteiger partial charge in [-0.05, 0) is 60.6 Å². The van der Waals surface area contributed by atoms with Gasteiger partial charge in [-0.2, -0.15) is 0 Å². The van der Waals surface area contributed by atoms with Gasteiger partial charge in [-0.15, -0.1) is 0 Å². The number of halogens is 1. The van der Waals surface area contributed by atoms with E-state index in [4.69, 9.17) is 19.4 Å². The molecule has 0 aliphatic carbocycles. The molecule has 5 rings (SSSR count). The summed E-state index contributed by atoms with van der Waals surface area (Å²) < 4.78 is 27.3. The third-order valence-electron chi connectivity index (χ3n) is 7.12. The first-order chi connectivity index (χ1) is 19.8. The number of aromatic nitrogens is 4. The van der Waals surface area contributed by atoms with Gasteiger partial charge < -0.3 is 24.1 Å². The van der Waals surface area contributed by atoms with Gasteiger partial charge in [0, 0.05) is 31.5 Å². The number of nitrogens with zero attached hydrogens (tertiary/aromatic N) is 6. The average Bonchev–Trinajstić information content (AvgIpc) is 3.26. The van der Waals surface area contributed by atoms with Crippen molar-refractivity contribution in [3.05, 3.63) is 53.4 Å². The first-order valence-electron chi connectivity index (χ1n) is 13.8. The van der Waals surface area contributed by atoms with Crippen molar-refractivity contribution in [1.29, 1.82) is 0 Å². The third-order valence-corrected chi connectivity index (χ3v) is 7.12. The van der Waals surface area contributed by atoms with E-state index in [1.165, 1.54) is 17.6 Å². The zero-order valence-electron chi connectivity index (χ0n) is 25.1. The van der Waals surface area contributed by atoms with E-state index in [0.29, 0.717) is 41.4 Å². The van der Waals surface area contributed by atoms with E-state index >= 15 is 0 Å². The normalized spacial score (nSPS) is 17.5. The van der Waals surface area contributed by atoms with Crippen LogP contribution in [0.5, 0.6) is 5.88 Å². The van der Waals surface area contributed by atoms with Gasteiger partial charge in [0.25, 0.3) is 5.91 Å². The van der Waals surface area contributed by atoms with Gasteiger partial charge in [0.2, 0.25) is 5.88 Å². The minimum atomic E-state index is -0.598. The number of rotatable bonds is 4. The fraction of sp³-hybridized carbons (Fsp3) is 0.433. The Morgan fingerprint density at radius 3 is 2.36 bits per heavy atom. The van der Waals surface area contributed by atoms with Crippen molar-refractivity contribution in [1.82, 2.24) is 24.3 Å². The summed E-state index contributed by atoms with van der Waals surface area (Å²) in [5.74, 6) is -0.662. The highest BCUT2D eigenvalue weighted by Gasteiger charge is 2.36. The molecule has 11 nitrogen and oxygen atoms in total. The fourth-order valence-electron chi connectivity index (χ4n) is 5.46. The largest absolute Gasteiger partial charge is 0.480 e. The van der Waals surface area contributed by atoms with E-state index in [2.05, 4.69) is 15.2 Å². The number of carbonyl (C=O) groups excluding carboxylic acids is 2. The van der Waals surface area contributed by atoms with Crippen molar-refractivity contribution in [2.45, 2.75) is 66.2 Å². The number of amides is 2. The van der Waals surface area contributed by atoms with Crippen molar-refractivity contribution in [3.8, 4) is 5.88 Å². The van der Waals surface area contributed by atoms with Crippen LogP contribution in [0.3, 0.4) is 0 Å². The van der Waals surface area contributed by atoms with E-state index in [-0.39, 0.29) is 35.1 Å². The highest BCUT2D eigenvalue weighted by Crippen LogP contribution is 2.33. The van der Waals surface area contributed by atoms with E-state index < -0.39 is 17.3 Å². The Labute approximate surface area is 243 Å². The molecule has 0 spiro atoms. The SMILES string of the molecule is COc1nc2c(N3CC(C)N(C(=O)OC(C)(C)C)[C@@H](C)C3)ccc(C(=O)Nc3cc(F)c4nc(C)cn4c3)c2nc1C. The smallest absolute Gasteiger partial charge is 0.410 e. The standard InChI is InChI=1S/C30H36FN7O4/c1-16-12-37-15-20(11-22(31)26(37)32-16)34-27(39)21-9-10-23(25-24(21)33-19(4)28(35-25)41-8)36-13-17(2)38(18(3)14-36)29(40)42-30(5,6)7/h9-12,15,17-18H,13-14H2,1-8H3,(H,34,39)/t17-,18?/m0/s1. The summed E-state index contributed by atoms with van der Waals surface area (Å²) in [7, 11) is 1.52. The summed E-state index contributed by atoms with van der Waals surface area (Å²) in [6, 6.07) is 4.45. The van der Waals surface area contributed by atoms with Gasteiger partial charge in [0.05, 0.1) is 41.8 Å². The number of benzene rings is 1. The van der Waals surface area contributed by atoms with E-state index in [1.807, 2.05) is 40.7 Å². The van der Waals surface area contributed by atoms with Gasteiger partial charge in [-0.3, -0.25) is 9.69 Å². The lowest BCUT2D eigenvalue weighted by Crippen LogP contribution is -2.59. The molecule has 1 aliphatic rings. The number of nitrogens with one attached hydrogen (secondary N) is 1. The molecule has 1 unspecified atom stereocenters. The molecular weight excluding hydrogens is 541 g/mol. The molecule has 1 saturated heterocycles. The lowest BCUT2D eigenvalue weighted by molar-refractivity contribution is 0.00566. The average molecular weight is 578 g/mol. The number of methoxy groups -OCH3 is 1. The molecule has 4 heterocycles. The van der Waals surface area contributed by atoms with Crippen LogP contribution in [-0.4, -0.2) is 74.1 Å². The topological polar surface area (TPSA) is 114 Å². The third kappa shape index (κ3) is 5.53. The van der Waals surface area contributed by atoms with Gasteiger partial charge >= 0.3 is 6.09 Å². The van der Waals surface area contributed by atoms with Crippen LogP contribution in [0.4, 0.5) is 20.6 Å². The summed E-state index contributed by atoms with van der Waals surface area (Å²) in [6.07, 6.45) is 2.94. The highest BCUT2D eigenvalue weighted by atomic mass is 19.1. The van der Waals surface area contributed by atoms with Crippen LogP contribution in [0.15, 0.2) is 30.6 Å². The first kappa shape index (κ1) is 29.0. The fourth-order valence-corrected chi connectivity index (χ4v) is 5.46. The highest BCUT2D eigenvalue weighted by molar-refractivity contribution is 6.13. The minimum Gasteiger partial charge on any atom is -0.480 e. The number of fused-ring (bicyclic) bond motifs is 2. The maximum absolute atomic E-state index is 14.7. The van der Waals surface area contributed by atoms with Gasteiger partial charge in [-0.25, -0.2) is 24.1 Å². The monoisotopic (exact) mass is 577 g/mol. The molecular formula is C30H36FN7O4. The van der Waals surface area contributed by atoms with Crippen LogP contribution >= 0.6 is 0 Å². The quantitative estimate of drug-likeness (QED) is 0.355. The predicted molar refractivity (Wildman–Crippen MR) is 158 cm³/mol. The van der Waals surface area contributed by atoms with Crippen molar-refractivity contribution < 1.29 is 23.5 Å². The predicted octanol–water partition coefficient (Wildman–Crippen LogP) is 5.13. The first-order valence-corrected chi connectivity index (χ1v) is 13.8. The van der Waals surface area contributed by atoms with Crippen LogP contribution in [0.2, 0.25) is 0 Å². The van der Waals surface area contributed by atoms with Crippen LogP contribution in [0, 0.1) is 19.7 Å². The number of pyridine rings is 1. The molecule has 1 aliphatic heterocycles. The molecule has 1 fully saturated rings. The zero-order valence-corrected chi connectivity index (χ0v) is 25.1. The Kier molecular flexibility index (Phi) is 7.42. The van der Waals surface area contributed by atoms with Gasteiger partial charge in [0.1, 0.15) is 22.3 Å². The maximum Gasteiger partial charge on any atom is 0.410 e. The molecule has 2 atom stereocenters. The van der Waals surface area contributed by atoms with Crippen LogP contribution < -0.4 is 15.0 Å². The van der Waals surface area contributed by atoms with Crippen molar-refractivity contribution in [2.75, 3.05) is 30.4 Å². The van der Waals surface area contributed by atoms with Gasteiger partial charge in [0.15, 0.2) is 11.5 Å². The Hall–Kier alpha value is -4.48. The van der Waals surface area contributed by atoms with Crippen LogP contribution in [-0.2, 0) is 4.74 Å². The second-order valence-corrected chi connectivity index (χ2v) is 11.8. The minimum absolute atomic E-state index is 0.154. The van der Waals surface area contributed by atoms with Crippen LogP contribution in [0.25, 0.3) is 16.7 Å². The number of piperazine rings is 1. The summed E-state index contributed by atoms with van der Waals surface area (Å²) >= 11 is 0. The summed E-state index contributed by atoms with van der Waals surface area (Å²) in [4.78, 5) is 44.0. The molecule has 3 aromatic heterocycles. The van der Waals surface area contributed by atoms with Crippen molar-refractivity contribution in [3.63, 3.8) is 0 Å². The molecule has 222 valence electrons. The zero-order chi connectivity index (χ0) is 30.5. The lowest BCUT2D eigenvalue weighted by Gasteiger charge is -2.45. The molecule has 0 saturated carbocycles. The van der Waals surface area contributed by atoms with E-state index in [9.17, 15) is 14.0 Å². The maximum atomic E-state index is 14.7. The molecule has 1 N–H and O–H groups in total. The second kappa shape index (κ2) is 10.7. The number of aryl methyl sites for hydroxylation is 2. The molecule has 0 bridgehead atoms. The Morgan fingerprint density at radius 1 is 1.02 bits per heavy atom. The molecule has 42 heavy (non-hydrogen) atoms. The summed E-state index contributed by atoms with van der Waals surface area (Å²) in [5, 5.41) is 2.79. The number of hydrogen-bond donors (Lipinski definition) is 1.